The van der Waals surface area contributed by atoms with Crippen LogP contribution in [0.3, 0.4) is 0 Å². The Morgan fingerprint density at radius 2 is 2.11 bits per heavy atom. The number of anilines is 2. The van der Waals surface area contributed by atoms with E-state index in [-0.39, 0.29) is 0 Å². The Kier molecular flexibility index (Phi) is 4.94. The van der Waals surface area contributed by atoms with E-state index < -0.39 is 0 Å². The fourth-order valence-electron chi connectivity index (χ4n) is 1.58. The van der Waals surface area contributed by atoms with Gasteiger partial charge in [-0.1, -0.05) is 13.0 Å². The first-order valence-electron chi connectivity index (χ1n) is 5.73. The maximum atomic E-state index is 4.49. The molecule has 3 nitrogen and oxygen atoms in total. The fraction of sp³-hybridized carbons (Fsp3) is 0.231. The highest BCUT2D eigenvalue weighted by atomic mass is 127. The molecule has 2 rings (SSSR count). The molecule has 0 radical (unpaired) electrons. The molecule has 0 aliphatic carbocycles. The van der Waals surface area contributed by atoms with Crippen LogP contribution in [0.5, 0.6) is 0 Å². The summed E-state index contributed by atoms with van der Waals surface area (Å²) in [6.45, 7) is 2.12. The third-order valence-electron chi connectivity index (χ3n) is 2.31. The average molecular weight is 418 g/mol. The van der Waals surface area contributed by atoms with E-state index in [1.165, 1.54) is 3.57 Å². The quantitative estimate of drug-likeness (QED) is 0.586. The largest absolute Gasteiger partial charge is 0.340 e. The fourth-order valence-corrected chi connectivity index (χ4v) is 2.54. The standard InChI is InChI=1S/C13H13BrIN3/c1-2-4-12-17-11(14)8-13(18-12)16-10-6-3-5-9(15)7-10/h3,5-8H,2,4H2,1H3,(H,16,17,18). The van der Waals surface area contributed by atoms with Crippen LogP contribution >= 0.6 is 38.5 Å². The first kappa shape index (κ1) is 13.7. The van der Waals surface area contributed by atoms with Gasteiger partial charge < -0.3 is 5.32 Å². The van der Waals surface area contributed by atoms with Crippen LogP contribution in [0.4, 0.5) is 11.5 Å². The number of aryl methyl sites for hydroxylation is 1. The minimum atomic E-state index is 0.814. The highest BCUT2D eigenvalue weighted by Gasteiger charge is 2.03. The summed E-state index contributed by atoms with van der Waals surface area (Å²) in [5, 5.41) is 3.30. The molecule has 0 bridgehead atoms. The van der Waals surface area contributed by atoms with Crippen LogP contribution in [0, 0.1) is 3.57 Å². The summed E-state index contributed by atoms with van der Waals surface area (Å²) in [6.07, 6.45) is 1.93. The van der Waals surface area contributed by atoms with Gasteiger partial charge in [-0.15, -0.1) is 0 Å². The lowest BCUT2D eigenvalue weighted by molar-refractivity contribution is 0.831. The van der Waals surface area contributed by atoms with Gasteiger partial charge in [0, 0.05) is 21.7 Å². The van der Waals surface area contributed by atoms with Crippen molar-refractivity contribution in [1.29, 1.82) is 0 Å². The van der Waals surface area contributed by atoms with Crippen molar-refractivity contribution in [3.63, 3.8) is 0 Å². The number of aromatic nitrogens is 2. The van der Waals surface area contributed by atoms with Crippen LogP contribution in [0.1, 0.15) is 19.2 Å². The van der Waals surface area contributed by atoms with Crippen molar-refractivity contribution < 1.29 is 0 Å². The number of rotatable bonds is 4. The topological polar surface area (TPSA) is 37.8 Å². The zero-order chi connectivity index (χ0) is 13.0. The van der Waals surface area contributed by atoms with Crippen LogP contribution in [0.2, 0.25) is 0 Å². The molecule has 0 saturated heterocycles. The van der Waals surface area contributed by atoms with Gasteiger partial charge in [0.2, 0.25) is 0 Å². The summed E-state index contributed by atoms with van der Waals surface area (Å²) < 4.78 is 2.01. The second-order valence-electron chi connectivity index (χ2n) is 3.88. The molecule has 5 heteroatoms. The van der Waals surface area contributed by atoms with E-state index in [4.69, 9.17) is 0 Å². The first-order valence-corrected chi connectivity index (χ1v) is 7.60. The molecule has 0 unspecified atom stereocenters. The Bertz CT molecular complexity index is 546. The molecule has 1 N–H and O–H groups in total. The molecule has 0 atom stereocenters. The molecule has 1 aromatic carbocycles. The van der Waals surface area contributed by atoms with Crippen molar-refractivity contribution in [2.24, 2.45) is 0 Å². The molecule has 0 aliphatic heterocycles. The number of nitrogens with zero attached hydrogens (tertiary/aromatic N) is 2. The van der Waals surface area contributed by atoms with E-state index in [2.05, 4.69) is 72.9 Å². The normalized spacial score (nSPS) is 10.4. The smallest absolute Gasteiger partial charge is 0.135 e. The lowest BCUT2D eigenvalue weighted by Crippen LogP contribution is -2.00. The minimum Gasteiger partial charge on any atom is -0.340 e. The van der Waals surface area contributed by atoms with Gasteiger partial charge >= 0.3 is 0 Å². The number of hydrogen-bond acceptors (Lipinski definition) is 3. The van der Waals surface area contributed by atoms with E-state index in [0.717, 1.165) is 34.8 Å². The van der Waals surface area contributed by atoms with Crippen molar-refractivity contribution >= 4 is 50.0 Å². The zero-order valence-corrected chi connectivity index (χ0v) is 13.7. The summed E-state index contributed by atoms with van der Waals surface area (Å²) >= 11 is 5.71. The van der Waals surface area contributed by atoms with Gasteiger partial charge in [-0.3, -0.25) is 0 Å². The highest BCUT2D eigenvalue weighted by Crippen LogP contribution is 2.19. The van der Waals surface area contributed by atoms with Crippen molar-refractivity contribution in [2.75, 3.05) is 5.32 Å². The van der Waals surface area contributed by atoms with E-state index in [1.807, 2.05) is 18.2 Å². The Morgan fingerprint density at radius 3 is 2.83 bits per heavy atom. The van der Waals surface area contributed by atoms with Crippen LogP contribution < -0.4 is 5.32 Å². The molecular formula is C13H13BrIN3. The van der Waals surface area contributed by atoms with Crippen LogP contribution in [-0.2, 0) is 6.42 Å². The lowest BCUT2D eigenvalue weighted by atomic mass is 10.3. The molecule has 2 aromatic rings. The van der Waals surface area contributed by atoms with Crippen LogP contribution in [-0.4, -0.2) is 9.97 Å². The molecule has 0 spiro atoms. The number of hydrogen-bond donors (Lipinski definition) is 1. The molecule has 1 aromatic heterocycles. The van der Waals surface area contributed by atoms with Gasteiger partial charge in [0.15, 0.2) is 0 Å². The van der Waals surface area contributed by atoms with Crippen molar-refractivity contribution in [3.05, 3.63) is 44.3 Å². The predicted molar refractivity (Wildman–Crippen MR) is 86.2 cm³/mol. The molecule has 0 amide bonds. The van der Waals surface area contributed by atoms with Crippen molar-refractivity contribution in [1.82, 2.24) is 9.97 Å². The molecule has 0 fully saturated rings. The average Bonchev–Trinajstić information content (AvgIpc) is 2.28. The Balaban J connectivity index is 2.23. The number of nitrogens with one attached hydrogen (secondary N) is 1. The van der Waals surface area contributed by atoms with Crippen LogP contribution in [0.25, 0.3) is 0 Å². The van der Waals surface area contributed by atoms with E-state index in [1.54, 1.807) is 0 Å². The number of benzene rings is 1. The van der Waals surface area contributed by atoms with Gasteiger partial charge in [0.05, 0.1) is 0 Å². The van der Waals surface area contributed by atoms with E-state index >= 15 is 0 Å². The zero-order valence-electron chi connectivity index (χ0n) is 9.95. The maximum absolute atomic E-state index is 4.49. The van der Waals surface area contributed by atoms with Gasteiger partial charge in [-0.25, -0.2) is 9.97 Å². The maximum Gasteiger partial charge on any atom is 0.135 e. The van der Waals surface area contributed by atoms with Crippen molar-refractivity contribution in [2.45, 2.75) is 19.8 Å². The first-order chi connectivity index (χ1) is 8.67. The summed E-state index contributed by atoms with van der Waals surface area (Å²) in [6, 6.07) is 10.1. The number of halogens is 2. The van der Waals surface area contributed by atoms with Gasteiger partial charge in [-0.05, 0) is 63.1 Å². The predicted octanol–water partition coefficient (Wildman–Crippen LogP) is 4.54. The van der Waals surface area contributed by atoms with E-state index in [9.17, 15) is 0 Å². The Morgan fingerprint density at radius 1 is 1.28 bits per heavy atom. The second-order valence-corrected chi connectivity index (χ2v) is 5.94. The molecule has 0 aliphatic rings. The summed E-state index contributed by atoms with van der Waals surface area (Å²) in [4.78, 5) is 8.84. The van der Waals surface area contributed by atoms with Gasteiger partial charge in [-0.2, -0.15) is 0 Å². The Hall–Kier alpha value is -0.690. The lowest BCUT2D eigenvalue weighted by Gasteiger charge is -2.08. The van der Waals surface area contributed by atoms with Gasteiger partial charge in [0.1, 0.15) is 16.2 Å². The SMILES string of the molecule is CCCc1nc(Br)cc(Nc2cccc(I)c2)n1. The second kappa shape index (κ2) is 6.47. The molecule has 18 heavy (non-hydrogen) atoms. The van der Waals surface area contributed by atoms with Crippen molar-refractivity contribution in [3.8, 4) is 0 Å². The monoisotopic (exact) mass is 417 g/mol. The van der Waals surface area contributed by atoms with Gasteiger partial charge in [0.25, 0.3) is 0 Å². The van der Waals surface area contributed by atoms with Crippen LogP contribution in [0.15, 0.2) is 34.9 Å². The molecule has 0 saturated carbocycles. The third kappa shape index (κ3) is 3.91. The summed E-state index contributed by atoms with van der Waals surface area (Å²) in [5.74, 6) is 1.68. The highest BCUT2D eigenvalue weighted by molar-refractivity contribution is 14.1. The molecule has 1 heterocycles. The molecular weight excluding hydrogens is 405 g/mol. The summed E-state index contributed by atoms with van der Waals surface area (Å²) in [7, 11) is 0. The third-order valence-corrected chi connectivity index (χ3v) is 3.39. The Labute approximate surface area is 129 Å². The summed E-state index contributed by atoms with van der Waals surface area (Å²) in [5.41, 5.74) is 1.04. The molecule has 94 valence electrons. The minimum absolute atomic E-state index is 0.814. The van der Waals surface area contributed by atoms with E-state index in [0.29, 0.717) is 0 Å².